The van der Waals surface area contributed by atoms with Crippen molar-refractivity contribution in [3.8, 4) is 0 Å². The van der Waals surface area contributed by atoms with Crippen LogP contribution >= 0.6 is 0 Å². The molecule has 0 fully saturated rings. The minimum Gasteiger partial charge on any atom is -0.480 e. The fraction of sp³-hybridized carbons (Fsp3) is 0.667. The lowest BCUT2D eigenvalue weighted by Gasteiger charge is -2.20. The van der Waals surface area contributed by atoms with Crippen molar-refractivity contribution in [1.29, 1.82) is 0 Å². The molecule has 0 saturated carbocycles. The summed E-state index contributed by atoms with van der Waals surface area (Å²) in [6.45, 7) is 5.26. The Morgan fingerprint density at radius 2 is 1.92 bits per heavy atom. The summed E-state index contributed by atoms with van der Waals surface area (Å²) in [5.41, 5.74) is 0.947. The van der Waals surface area contributed by atoms with Gasteiger partial charge in [0, 0.05) is 11.3 Å². The standard InChI is InChI=1S/C15H22F3N3O3/c1-5-8(2)13(14(23)24)19-12(22)6-11-9(3)20-21(10(11)4)7-15(16,17)18/h8,13H,5-7H2,1-4H3,(H,19,22)(H,23,24)/t8-,13-/m0/s1. The van der Waals surface area contributed by atoms with Gasteiger partial charge in [0.15, 0.2) is 0 Å². The first-order chi connectivity index (χ1) is 11.0. The number of nitrogens with one attached hydrogen (secondary N) is 1. The van der Waals surface area contributed by atoms with Crippen molar-refractivity contribution < 1.29 is 27.9 Å². The van der Waals surface area contributed by atoms with Crippen LogP contribution in [-0.4, -0.2) is 39.0 Å². The predicted octanol–water partition coefficient (Wildman–Crippen LogP) is 2.22. The summed E-state index contributed by atoms with van der Waals surface area (Å²) in [4.78, 5) is 23.3. The fourth-order valence-electron chi connectivity index (χ4n) is 2.38. The molecule has 0 aliphatic carbocycles. The lowest BCUT2D eigenvalue weighted by atomic mass is 9.99. The van der Waals surface area contributed by atoms with Gasteiger partial charge in [0.05, 0.1) is 12.1 Å². The highest BCUT2D eigenvalue weighted by Crippen LogP contribution is 2.21. The first kappa shape index (κ1) is 20.0. The largest absolute Gasteiger partial charge is 0.480 e. The van der Waals surface area contributed by atoms with Crippen LogP contribution in [0.4, 0.5) is 13.2 Å². The Kier molecular flexibility index (Phi) is 6.39. The van der Waals surface area contributed by atoms with E-state index in [1.54, 1.807) is 6.92 Å². The SMILES string of the molecule is CC[C@H](C)[C@H](NC(=O)Cc1c(C)nn(CC(F)(F)F)c1C)C(=O)O. The molecule has 1 amide bonds. The number of carboxylic acids is 1. The quantitative estimate of drug-likeness (QED) is 0.791. The maximum atomic E-state index is 12.5. The first-order valence-corrected chi connectivity index (χ1v) is 7.58. The van der Waals surface area contributed by atoms with Crippen LogP contribution in [0.1, 0.15) is 37.2 Å². The summed E-state index contributed by atoms with van der Waals surface area (Å²) in [7, 11) is 0. The first-order valence-electron chi connectivity index (χ1n) is 7.58. The van der Waals surface area contributed by atoms with E-state index in [0.29, 0.717) is 17.7 Å². The van der Waals surface area contributed by atoms with Gasteiger partial charge in [-0.25, -0.2) is 4.79 Å². The number of nitrogens with zero attached hydrogens (tertiary/aromatic N) is 2. The number of rotatable bonds is 7. The zero-order chi connectivity index (χ0) is 18.7. The van der Waals surface area contributed by atoms with Gasteiger partial charge in [-0.05, 0) is 19.8 Å². The molecule has 0 aliphatic rings. The van der Waals surface area contributed by atoms with Gasteiger partial charge in [-0.1, -0.05) is 20.3 Å². The van der Waals surface area contributed by atoms with Crippen LogP contribution in [-0.2, 0) is 22.6 Å². The third-order valence-electron chi connectivity index (χ3n) is 3.99. The molecule has 24 heavy (non-hydrogen) atoms. The van der Waals surface area contributed by atoms with Crippen LogP contribution in [0.2, 0.25) is 0 Å². The highest BCUT2D eigenvalue weighted by Gasteiger charge is 2.31. The van der Waals surface area contributed by atoms with E-state index in [1.165, 1.54) is 13.8 Å². The van der Waals surface area contributed by atoms with Crippen LogP contribution in [0.5, 0.6) is 0 Å². The number of carbonyl (C=O) groups excluding carboxylic acids is 1. The minimum atomic E-state index is -4.41. The van der Waals surface area contributed by atoms with E-state index < -0.39 is 30.6 Å². The Balaban J connectivity index is 2.89. The Hall–Kier alpha value is -2.06. The second-order valence-electron chi connectivity index (χ2n) is 5.87. The summed E-state index contributed by atoms with van der Waals surface area (Å²) < 4.78 is 38.3. The number of amides is 1. The normalized spacial score (nSPS) is 14.3. The molecule has 0 aromatic carbocycles. The third-order valence-corrected chi connectivity index (χ3v) is 3.99. The van der Waals surface area contributed by atoms with Gasteiger partial charge in [-0.15, -0.1) is 0 Å². The van der Waals surface area contributed by atoms with Gasteiger partial charge in [-0.2, -0.15) is 18.3 Å². The van der Waals surface area contributed by atoms with Crippen molar-refractivity contribution in [2.24, 2.45) is 5.92 Å². The van der Waals surface area contributed by atoms with Crippen LogP contribution in [0.25, 0.3) is 0 Å². The summed E-state index contributed by atoms with van der Waals surface area (Å²) in [6.07, 6.45) is -4.05. The summed E-state index contributed by atoms with van der Waals surface area (Å²) >= 11 is 0. The van der Waals surface area contributed by atoms with E-state index in [-0.39, 0.29) is 18.0 Å². The molecule has 0 radical (unpaired) electrons. The molecule has 0 saturated heterocycles. The fourth-order valence-corrected chi connectivity index (χ4v) is 2.38. The summed E-state index contributed by atoms with van der Waals surface area (Å²) in [6, 6.07) is -1.03. The van der Waals surface area contributed by atoms with Gasteiger partial charge in [0.1, 0.15) is 12.6 Å². The Bertz CT molecular complexity index is 611. The van der Waals surface area contributed by atoms with E-state index >= 15 is 0 Å². The van der Waals surface area contributed by atoms with Crippen LogP contribution < -0.4 is 5.32 Å². The maximum Gasteiger partial charge on any atom is 0.408 e. The van der Waals surface area contributed by atoms with Crippen LogP contribution in [0.3, 0.4) is 0 Å². The topological polar surface area (TPSA) is 84.2 Å². The molecule has 1 aromatic rings. The second kappa shape index (κ2) is 7.67. The molecule has 6 nitrogen and oxygen atoms in total. The van der Waals surface area contributed by atoms with Crippen molar-refractivity contribution >= 4 is 11.9 Å². The molecule has 1 rings (SSSR count). The molecule has 1 heterocycles. The molecular formula is C15H22F3N3O3. The molecule has 1 aromatic heterocycles. The van der Waals surface area contributed by atoms with Crippen molar-refractivity contribution in [3.63, 3.8) is 0 Å². The molecule has 0 spiro atoms. The Morgan fingerprint density at radius 1 is 1.33 bits per heavy atom. The number of carbonyl (C=O) groups is 2. The number of aliphatic carboxylic acids is 1. The second-order valence-corrected chi connectivity index (χ2v) is 5.87. The van der Waals surface area contributed by atoms with E-state index in [0.717, 1.165) is 4.68 Å². The number of carboxylic acid groups (broad SMARTS) is 1. The Morgan fingerprint density at radius 3 is 2.38 bits per heavy atom. The smallest absolute Gasteiger partial charge is 0.408 e. The highest BCUT2D eigenvalue weighted by atomic mass is 19.4. The van der Waals surface area contributed by atoms with Gasteiger partial charge >= 0.3 is 12.1 Å². The number of hydrogen-bond acceptors (Lipinski definition) is 3. The van der Waals surface area contributed by atoms with Gasteiger partial charge < -0.3 is 10.4 Å². The van der Waals surface area contributed by atoms with Gasteiger partial charge in [0.2, 0.25) is 5.91 Å². The number of hydrogen-bond donors (Lipinski definition) is 2. The lowest BCUT2D eigenvalue weighted by molar-refractivity contribution is -0.143. The zero-order valence-corrected chi connectivity index (χ0v) is 14.1. The molecule has 0 bridgehead atoms. The molecule has 2 atom stereocenters. The van der Waals surface area contributed by atoms with Gasteiger partial charge in [-0.3, -0.25) is 9.48 Å². The average Bonchev–Trinajstić information content (AvgIpc) is 2.69. The van der Waals surface area contributed by atoms with Crippen LogP contribution in [0, 0.1) is 19.8 Å². The van der Waals surface area contributed by atoms with E-state index in [2.05, 4.69) is 10.4 Å². The van der Waals surface area contributed by atoms with Gasteiger partial charge in [0.25, 0.3) is 0 Å². The number of aromatic nitrogens is 2. The van der Waals surface area contributed by atoms with E-state index in [1.807, 2.05) is 6.92 Å². The molecule has 0 unspecified atom stereocenters. The number of alkyl halides is 3. The van der Waals surface area contributed by atoms with E-state index in [9.17, 15) is 27.9 Å². The van der Waals surface area contributed by atoms with Crippen molar-refractivity contribution in [3.05, 3.63) is 17.0 Å². The van der Waals surface area contributed by atoms with Crippen molar-refractivity contribution in [2.75, 3.05) is 0 Å². The molecule has 136 valence electrons. The van der Waals surface area contributed by atoms with Crippen molar-refractivity contribution in [1.82, 2.24) is 15.1 Å². The molecule has 2 N–H and O–H groups in total. The zero-order valence-electron chi connectivity index (χ0n) is 14.1. The lowest BCUT2D eigenvalue weighted by Crippen LogP contribution is -2.45. The third kappa shape index (κ3) is 5.24. The maximum absolute atomic E-state index is 12.5. The summed E-state index contributed by atoms with van der Waals surface area (Å²) in [5, 5.41) is 15.4. The number of halogens is 3. The average molecular weight is 349 g/mol. The van der Waals surface area contributed by atoms with Crippen molar-refractivity contribution in [2.45, 2.75) is 59.3 Å². The number of aryl methyl sites for hydroxylation is 1. The Labute approximate surface area is 138 Å². The molecule has 0 aliphatic heterocycles. The van der Waals surface area contributed by atoms with Crippen LogP contribution in [0.15, 0.2) is 0 Å². The summed E-state index contributed by atoms with van der Waals surface area (Å²) in [5.74, 6) is -1.96. The molecular weight excluding hydrogens is 327 g/mol. The monoisotopic (exact) mass is 349 g/mol. The predicted molar refractivity (Wildman–Crippen MR) is 80.5 cm³/mol. The minimum absolute atomic E-state index is 0.213. The molecule has 9 heteroatoms. The van der Waals surface area contributed by atoms with E-state index in [4.69, 9.17) is 0 Å². The highest BCUT2D eigenvalue weighted by molar-refractivity contribution is 5.85.